The van der Waals surface area contributed by atoms with Crippen LogP contribution in [0.4, 0.5) is 70.2 Å². The van der Waals surface area contributed by atoms with E-state index in [4.69, 9.17) is 0 Å². The first-order valence-electron chi connectivity index (χ1n) is 5.73. The van der Waals surface area contributed by atoms with Crippen LogP contribution in [0.5, 0.6) is 0 Å². The minimum absolute atomic E-state index is 1.58. The average molecular weight is 465 g/mol. The van der Waals surface area contributed by atoms with Gasteiger partial charge < -0.3 is 0 Å². The smallest absolute Gasteiger partial charge is 0.267 e. The lowest BCUT2D eigenvalue weighted by Crippen LogP contribution is -2.73. The molecule has 1 saturated heterocycles. The maximum absolute atomic E-state index is 13.5. The lowest BCUT2D eigenvalue weighted by atomic mass is 9.91. The third-order valence-corrected chi connectivity index (χ3v) is 3.69. The Hall–Kier alpha value is -0.870. The molecule has 1 rings (SSSR count). The number of rotatable bonds is 0. The van der Waals surface area contributed by atoms with Gasteiger partial charge in [0.15, 0.2) is 0 Å². The molecule has 0 amide bonds. The molecular formula is C9HClF16O. The minimum Gasteiger partial charge on any atom is -0.267 e. The summed E-state index contributed by atoms with van der Waals surface area (Å²) in [5.41, 5.74) is 0. The molecule has 0 aromatic heterocycles. The van der Waals surface area contributed by atoms with Crippen LogP contribution in [-0.4, -0.2) is 53.1 Å². The predicted molar refractivity (Wildman–Crippen MR) is 50.3 cm³/mol. The first kappa shape index (κ1) is 24.2. The first-order valence-corrected chi connectivity index (χ1v) is 6.11. The largest absolute Gasteiger partial charge is 0.455 e. The number of ether oxygens (including phenoxy) is 1. The van der Waals surface area contributed by atoms with Gasteiger partial charge in [0, 0.05) is 0 Å². The highest BCUT2D eigenvalue weighted by Crippen LogP contribution is 2.66. The van der Waals surface area contributed by atoms with Crippen molar-refractivity contribution in [3.05, 3.63) is 0 Å². The maximum atomic E-state index is 13.5. The molecule has 3 atom stereocenters. The molecule has 0 aliphatic carbocycles. The summed E-state index contributed by atoms with van der Waals surface area (Å²) in [6.07, 6.45) is -20.9. The fourth-order valence-corrected chi connectivity index (χ4v) is 1.96. The van der Waals surface area contributed by atoms with E-state index in [1.807, 2.05) is 0 Å². The van der Waals surface area contributed by atoms with Gasteiger partial charge in [-0.25, -0.2) is 8.78 Å². The summed E-state index contributed by atoms with van der Waals surface area (Å²) in [6.45, 7) is 0. The zero-order chi connectivity index (χ0) is 22.3. The second-order valence-electron chi connectivity index (χ2n) is 5.04. The van der Waals surface area contributed by atoms with Crippen molar-refractivity contribution in [2.45, 2.75) is 53.1 Å². The Morgan fingerprint density at radius 1 is 0.630 bits per heavy atom. The van der Waals surface area contributed by atoms with Crippen molar-refractivity contribution in [1.82, 2.24) is 0 Å². The van der Waals surface area contributed by atoms with Crippen LogP contribution in [0.1, 0.15) is 0 Å². The Labute approximate surface area is 141 Å². The quantitative estimate of drug-likeness (QED) is 0.334. The van der Waals surface area contributed by atoms with E-state index in [0.29, 0.717) is 0 Å². The van der Waals surface area contributed by atoms with Crippen molar-refractivity contribution < 1.29 is 75.0 Å². The number of alkyl halides is 17. The third-order valence-electron chi connectivity index (χ3n) is 3.26. The zero-order valence-corrected chi connectivity index (χ0v) is 12.2. The minimum atomic E-state index is -8.29. The number of hydrogen-bond acceptors (Lipinski definition) is 1. The summed E-state index contributed by atoms with van der Waals surface area (Å²) in [5, 5.41) is -6.77. The van der Waals surface area contributed by atoms with Gasteiger partial charge in [0.2, 0.25) is 6.17 Å². The summed E-state index contributed by atoms with van der Waals surface area (Å²) in [5.74, 6) is -40.3. The predicted octanol–water partition coefficient (Wildman–Crippen LogP) is 5.62. The van der Waals surface area contributed by atoms with Crippen LogP contribution in [-0.2, 0) is 4.74 Å². The molecule has 0 spiro atoms. The lowest BCUT2D eigenvalue weighted by Gasteiger charge is -2.41. The summed E-state index contributed by atoms with van der Waals surface area (Å²) < 4.78 is 211. The SMILES string of the molecule is FC1C(F)(F)OC(F)(C(F)(F)F)C(F)(F)C(F)(F)C(F)(F)C(F)(F)C1(F)Cl. The van der Waals surface area contributed by atoms with Crippen molar-refractivity contribution in [2.24, 2.45) is 0 Å². The maximum Gasteiger partial charge on any atom is 0.455 e. The van der Waals surface area contributed by atoms with Gasteiger partial charge in [-0.05, 0) is 0 Å². The van der Waals surface area contributed by atoms with Crippen LogP contribution < -0.4 is 0 Å². The molecule has 0 aromatic carbocycles. The van der Waals surface area contributed by atoms with Gasteiger partial charge in [0.05, 0.1) is 0 Å². The van der Waals surface area contributed by atoms with Crippen molar-refractivity contribution in [2.75, 3.05) is 0 Å². The molecular weight excluding hydrogens is 464 g/mol. The Kier molecular flexibility index (Phi) is 5.01. The molecule has 0 N–H and O–H groups in total. The van der Waals surface area contributed by atoms with Gasteiger partial charge in [-0.3, -0.25) is 4.74 Å². The fraction of sp³-hybridized carbons (Fsp3) is 1.00. The van der Waals surface area contributed by atoms with E-state index in [-0.39, 0.29) is 0 Å². The molecule has 0 bridgehead atoms. The van der Waals surface area contributed by atoms with Gasteiger partial charge >= 0.3 is 41.8 Å². The lowest BCUT2D eigenvalue weighted by molar-refractivity contribution is -0.496. The van der Waals surface area contributed by atoms with E-state index < -0.39 is 53.1 Å². The normalized spacial score (nSPS) is 40.6. The molecule has 1 aliphatic heterocycles. The van der Waals surface area contributed by atoms with Crippen molar-refractivity contribution in [3.8, 4) is 0 Å². The van der Waals surface area contributed by atoms with Gasteiger partial charge in [-0.1, -0.05) is 11.6 Å². The van der Waals surface area contributed by atoms with E-state index in [1.165, 1.54) is 0 Å². The van der Waals surface area contributed by atoms with E-state index >= 15 is 0 Å². The van der Waals surface area contributed by atoms with Crippen LogP contribution >= 0.6 is 11.6 Å². The Bertz CT molecular complexity index is 595. The van der Waals surface area contributed by atoms with Gasteiger partial charge in [-0.2, -0.15) is 61.5 Å². The number of halogens is 17. The van der Waals surface area contributed by atoms with Crippen molar-refractivity contribution in [3.63, 3.8) is 0 Å². The molecule has 3 unspecified atom stereocenters. The average Bonchev–Trinajstić information content (AvgIpc) is 2.42. The van der Waals surface area contributed by atoms with Crippen molar-refractivity contribution >= 4 is 11.6 Å². The van der Waals surface area contributed by atoms with Crippen LogP contribution in [0.3, 0.4) is 0 Å². The van der Waals surface area contributed by atoms with Crippen LogP contribution in [0.2, 0.25) is 0 Å². The van der Waals surface area contributed by atoms with Gasteiger partial charge in [0.1, 0.15) is 0 Å². The molecule has 1 aliphatic rings. The Morgan fingerprint density at radius 2 is 0.963 bits per heavy atom. The monoisotopic (exact) mass is 464 g/mol. The highest BCUT2D eigenvalue weighted by atomic mass is 35.5. The molecule has 0 saturated carbocycles. The molecule has 27 heavy (non-hydrogen) atoms. The van der Waals surface area contributed by atoms with Crippen LogP contribution in [0, 0.1) is 0 Å². The Balaban J connectivity index is 4.09. The topological polar surface area (TPSA) is 9.23 Å². The summed E-state index contributed by atoms with van der Waals surface area (Å²) in [6, 6.07) is 0. The second kappa shape index (κ2) is 5.60. The highest BCUT2D eigenvalue weighted by molar-refractivity contribution is 6.24. The molecule has 1 heterocycles. The molecule has 0 radical (unpaired) electrons. The highest BCUT2D eigenvalue weighted by Gasteiger charge is 2.96. The van der Waals surface area contributed by atoms with E-state index in [2.05, 4.69) is 11.6 Å². The van der Waals surface area contributed by atoms with Gasteiger partial charge in [0.25, 0.3) is 5.13 Å². The molecule has 1 nitrogen and oxygen atoms in total. The molecule has 0 aromatic rings. The van der Waals surface area contributed by atoms with Gasteiger partial charge in [-0.15, -0.1) is 0 Å². The van der Waals surface area contributed by atoms with E-state index in [9.17, 15) is 70.2 Å². The molecule has 1 fully saturated rings. The Morgan fingerprint density at radius 3 is 1.30 bits per heavy atom. The summed E-state index contributed by atoms with van der Waals surface area (Å²) in [4.78, 5) is 0. The standard InChI is InChI=1S/C9HClF16O/c10-2(12)1(11)3(13,14)27-8(23,9(24,25)26)7(21,22)6(19,20)5(17,18)4(2,15)16/h1H. The molecule has 18 heteroatoms. The number of hydrogen-bond donors (Lipinski definition) is 0. The third kappa shape index (κ3) is 2.66. The van der Waals surface area contributed by atoms with Crippen LogP contribution in [0.25, 0.3) is 0 Å². The van der Waals surface area contributed by atoms with Crippen molar-refractivity contribution in [1.29, 1.82) is 0 Å². The van der Waals surface area contributed by atoms with Crippen LogP contribution in [0.15, 0.2) is 0 Å². The molecule has 162 valence electrons. The first-order chi connectivity index (χ1) is 11.4. The zero-order valence-electron chi connectivity index (χ0n) is 11.4. The summed E-state index contributed by atoms with van der Waals surface area (Å²) >= 11 is 3.75. The second-order valence-corrected chi connectivity index (χ2v) is 5.59. The summed E-state index contributed by atoms with van der Waals surface area (Å²) in [7, 11) is 0. The fourth-order valence-electron chi connectivity index (χ4n) is 1.71. The van der Waals surface area contributed by atoms with E-state index in [0.717, 1.165) is 0 Å². The van der Waals surface area contributed by atoms with E-state index in [1.54, 1.807) is 4.74 Å².